The van der Waals surface area contributed by atoms with Crippen LogP contribution in [0.3, 0.4) is 0 Å². The van der Waals surface area contributed by atoms with E-state index in [1.165, 1.54) is 30.6 Å². The number of piperazine rings is 1. The van der Waals surface area contributed by atoms with Crippen LogP contribution in [-0.4, -0.2) is 51.9 Å². The van der Waals surface area contributed by atoms with Crippen LogP contribution >= 0.6 is 0 Å². The summed E-state index contributed by atoms with van der Waals surface area (Å²) in [7, 11) is 0. The second-order valence-electron chi connectivity index (χ2n) is 7.66. The zero-order valence-corrected chi connectivity index (χ0v) is 17.1. The van der Waals surface area contributed by atoms with Crippen LogP contribution in [0, 0.1) is 5.82 Å². The maximum Gasteiger partial charge on any atom is 0.417 e. The number of hydrogen-bond acceptors (Lipinski definition) is 5. The molecule has 1 saturated heterocycles. The van der Waals surface area contributed by atoms with Gasteiger partial charge in [-0.05, 0) is 12.1 Å². The summed E-state index contributed by atoms with van der Waals surface area (Å²) >= 11 is 0. The average Bonchev–Trinajstić information content (AvgIpc) is 3.47. The minimum atomic E-state index is -4.66. The number of carbonyl (C=O) groups is 1. The quantitative estimate of drug-likeness (QED) is 0.320. The van der Waals surface area contributed by atoms with Gasteiger partial charge in [0.05, 0.1) is 23.0 Å². The van der Waals surface area contributed by atoms with E-state index in [-0.39, 0.29) is 22.7 Å². The number of rotatable bonds is 4. The Labute approximate surface area is 184 Å². The molecule has 4 aromatic rings. The lowest BCUT2D eigenvalue weighted by molar-refractivity contribution is -0.137. The van der Waals surface area contributed by atoms with Crippen molar-refractivity contribution in [2.75, 3.05) is 31.1 Å². The Morgan fingerprint density at radius 2 is 1.88 bits per heavy atom. The van der Waals surface area contributed by atoms with Crippen LogP contribution in [0.1, 0.15) is 21.5 Å². The molecule has 1 aliphatic rings. The highest BCUT2D eigenvalue weighted by Crippen LogP contribution is 2.33. The predicted octanol–water partition coefficient (Wildman–Crippen LogP) is 3.75. The first-order chi connectivity index (χ1) is 15.8. The van der Waals surface area contributed by atoms with Gasteiger partial charge in [-0.25, -0.2) is 14.4 Å². The van der Waals surface area contributed by atoms with Crippen molar-refractivity contribution in [1.82, 2.24) is 25.3 Å². The molecule has 0 unspecified atom stereocenters. The maximum absolute atomic E-state index is 15.1. The Balaban J connectivity index is 1.47. The summed E-state index contributed by atoms with van der Waals surface area (Å²) in [4.78, 5) is 28.9. The minimum absolute atomic E-state index is 0.0299. The fraction of sp³-hybridized carbons (Fsp3) is 0.227. The van der Waals surface area contributed by atoms with Gasteiger partial charge in [0.2, 0.25) is 0 Å². The van der Waals surface area contributed by atoms with Gasteiger partial charge in [0.25, 0.3) is 0 Å². The second-order valence-corrected chi connectivity index (χ2v) is 7.66. The van der Waals surface area contributed by atoms with Gasteiger partial charge >= 0.3 is 6.18 Å². The van der Waals surface area contributed by atoms with Crippen molar-refractivity contribution in [1.29, 1.82) is 0 Å². The number of H-pyrrole nitrogens is 2. The average molecular weight is 458 g/mol. The van der Waals surface area contributed by atoms with Gasteiger partial charge < -0.3 is 20.2 Å². The molecule has 0 amide bonds. The number of ketones is 1. The third-order valence-electron chi connectivity index (χ3n) is 5.55. The summed E-state index contributed by atoms with van der Waals surface area (Å²) in [6.45, 7) is 2.69. The molecule has 1 aliphatic heterocycles. The van der Waals surface area contributed by atoms with Crippen LogP contribution in [0.15, 0.2) is 42.7 Å². The Morgan fingerprint density at radius 3 is 2.64 bits per heavy atom. The maximum atomic E-state index is 15.1. The molecule has 0 aliphatic carbocycles. The van der Waals surface area contributed by atoms with E-state index in [0.717, 1.165) is 25.2 Å². The number of halogens is 4. The van der Waals surface area contributed by atoms with Crippen molar-refractivity contribution >= 4 is 22.6 Å². The van der Waals surface area contributed by atoms with E-state index in [1.54, 1.807) is 0 Å². The summed E-state index contributed by atoms with van der Waals surface area (Å²) < 4.78 is 55.0. The Hall–Kier alpha value is -3.73. The van der Waals surface area contributed by atoms with Crippen molar-refractivity contribution in [3.05, 3.63) is 65.2 Å². The molecule has 0 bridgehead atoms. The largest absolute Gasteiger partial charge is 0.417 e. The van der Waals surface area contributed by atoms with Crippen LogP contribution in [0.25, 0.3) is 22.6 Å². The monoisotopic (exact) mass is 458 g/mol. The number of aromatic amines is 2. The first-order valence-electron chi connectivity index (χ1n) is 10.2. The highest BCUT2D eigenvalue weighted by molar-refractivity contribution is 6.10. The molecule has 33 heavy (non-hydrogen) atoms. The van der Waals surface area contributed by atoms with Crippen molar-refractivity contribution in [3.63, 3.8) is 0 Å². The van der Waals surface area contributed by atoms with Gasteiger partial charge in [0, 0.05) is 43.5 Å². The number of imidazole rings is 1. The summed E-state index contributed by atoms with van der Waals surface area (Å²) in [6, 6.07) is 5.99. The summed E-state index contributed by atoms with van der Waals surface area (Å²) in [5.74, 6) is -0.881. The molecule has 3 N–H and O–H groups in total. The van der Waals surface area contributed by atoms with Crippen molar-refractivity contribution in [2.45, 2.75) is 6.18 Å². The van der Waals surface area contributed by atoms with Gasteiger partial charge in [-0.1, -0.05) is 18.2 Å². The zero-order valence-electron chi connectivity index (χ0n) is 17.1. The standard InChI is InChI=1S/C22H18F4N6O/c23-17-18-16(11-29-21(17)32-7-5-27-6-8-32)30-20(31-18)15-9-12(10-28-15)19(33)13-3-1-2-4-14(13)22(24,25)26/h1-4,9-11,27-28H,5-8H2,(H,30,31). The Morgan fingerprint density at radius 1 is 1.12 bits per heavy atom. The lowest BCUT2D eigenvalue weighted by Crippen LogP contribution is -2.44. The fourth-order valence-corrected chi connectivity index (χ4v) is 3.91. The number of nitrogens with zero attached hydrogens (tertiary/aromatic N) is 3. The molecule has 1 aromatic carbocycles. The number of benzene rings is 1. The van der Waals surface area contributed by atoms with E-state index in [4.69, 9.17) is 0 Å². The van der Waals surface area contributed by atoms with Crippen LogP contribution in [-0.2, 0) is 6.18 Å². The van der Waals surface area contributed by atoms with Crippen molar-refractivity contribution < 1.29 is 22.4 Å². The second kappa shape index (κ2) is 8.00. The number of aromatic nitrogens is 4. The molecule has 0 atom stereocenters. The summed E-state index contributed by atoms with van der Waals surface area (Å²) in [6.07, 6.45) is -1.86. The highest BCUT2D eigenvalue weighted by atomic mass is 19.4. The molecule has 0 spiro atoms. The SMILES string of the molecule is O=C(c1c[nH]c(-c2nc3c(F)c(N4CCNCC4)ncc3[nH]2)c1)c1ccccc1C(F)(F)F. The molecule has 170 valence electrons. The van der Waals surface area contributed by atoms with E-state index < -0.39 is 28.9 Å². The first-order valence-corrected chi connectivity index (χ1v) is 10.2. The minimum Gasteiger partial charge on any atom is -0.358 e. The predicted molar refractivity (Wildman–Crippen MR) is 114 cm³/mol. The number of alkyl halides is 3. The number of hydrogen-bond donors (Lipinski definition) is 3. The lowest BCUT2D eigenvalue weighted by atomic mass is 9.99. The van der Waals surface area contributed by atoms with Crippen molar-refractivity contribution in [3.8, 4) is 11.5 Å². The molecule has 4 heterocycles. The third kappa shape index (κ3) is 3.84. The smallest absolute Gasteiger partial charge is 0.358 e. The van der Waals surface area contributed by atoms with E-state index in [9.17, 15) is 18.0 Å². The van der Waals surface area contributed by atoms with E-state index in [1.807, 2.05) is 4.90 Å². The van der Waals surface area contributed by atoms with Crippen molar-refractivity contribution in [2.24, 2.45) is 0 Å². The zero-order chi connectivity index (χ0) is 23.2. The third-order valence-corrected chi connectivity index (χ3v) is 5.55. The van der Waals surface area contributed by atoms with Crippen LogP contribution in [0.5, 0.6) is 0 Å². The van der Waals surface area contributed by atoms with Gasteiger partial charge in [0.1, 0.15) is 5.52 Å². The fourth-order valence-electron chi connectivity index (χ4n) is 3.91. The normalized spacial score (nSPS) is 14.7. The summed E-state index contributed by atoms with van der Waals surface area (Å²) in [5.41, 5.74) is -0.625. The number of fused-ring (bicyclic) bond motifs is 1. The molecule has 5 rings (SSSR count). The molecule has 0 saturated carbocycles. The van der Waals surface area contributed by atoms with Crippen LogP contribution < -0.4 is 10.2 Å². The Kier molecular flexibility index (Phi) is 5.12. The van der Waals surface area contributed by atoms with E-state index in [2.05, 4.69) is 25.3 Å². The molecular formula is C22H18F4N6O. The van der Waals surface area contributed by atoms with Gasteiger partial charge in [-0.3, -0.25) is 4.79 Å². The van der Waals surface area contributed by atoms with Gasteiger partial charge in [0.15, 0.2) is 23.2 Å². The number of nitrogens with one attached hydrogen (secondary N) is 3. The van der Waals surface area contributed by atoms with Gasteiger partial charge in [-0.2, -0.15) is 13.2 Å². The van der Waals surface area contributed by atoms with E-state index in [0.29, 0.717) is 24.3 Å². The summed E-state index contributed by atoms with van der Waals surface area (Å²) in [5, 5.41) is 3.19. The molecule has 7 nitrogen and oxygen atoms in total. The highest BCUT2D eigenvalue weighted by Gasteiger charge is 2.35. The topological polar surface area (TPSA) is 89.7 Å². The molecular weight excluding hydrogens is 440 g/mol. The number of carbonyl (C=O) groups excluding carboxylic acids is 1. The van der Waals surface area contributed by atoms with Gasteiger partial charge in [-0.15, -0.1) is 0 Å². The number of anilines is 1. The van der Waals surface area contributed by atoms with E-state index >= 15 is 4.39 Å². The molecule has 0 radical (unpaired) electrons. The first kappa shape index (κ1) is 21.1. The van der Waals surface area contributed by atoms with Crippen LogP contribution in [0.2, 0.25) is 0 Å². The Bertz CT molecular complexity index is 1340. The number of pyridine rings is 1. The lowest BCUT2D eigenvalue weighted by Gasteiger charge is -2.28. The molecule has 3 aromatic heterocycles. The van der Waals surface area contributed by atoms with Crippen LogP contribution in [0.4, 0.5) is 23.4 Å². The molecule has 11 heteroatoms. The molecule has 1 fully saturated rings.